The molecule has 0 spiro atoms. The van der Waals surface area contributed by atoms with E-state index < -0.39 is 0 Å². The maximum atomic E-state index is 13.0. The third-order valence-corrected chi connectivity index (χ3v) is 5.21. The van der Waals surface area contributed by atoms with E-state index in [9.17, 15) is 4.79 Å². The number of rotatable bonds is 9. The van der Waals surface area contributed by atoms with E-state index in [-0.39, 0.29) is 5.91 Å². The monoisotopic (exact) mass is 415 g/mol. The summed E-state index contributed by atoms with van der Waals surface area (Å²) in [6.07, 6.45) is 0.502. The third kappa shape index (κ3) is 5.61. The third-order valence-electron chi connectivity index (χ3n) is 5.21. The minimum Gasteiger partial charge on any atom is -0.383 e. The second kappa shape index (κ2) is 10.6. The van der Waals surface area contributed by atoms with Crippen LogP contribution in [-0.2, 0) is 20.8 Å². The van der Waals surface area contributed by atoms with Crippen LogP contribution in [-0.4, -0.2) is 62.5 Å². The Morgan fingerprint density at radius 1 is 1.30 bits per heavy atom. The number of aryl methyl sites for hydroxylation is 1. The van der Waals surface area contributed by atoms with Crippen molar-refractivity contribution in [3.05, 3.63) is 35.4 Å². The number of carbonyl (C=O) groups is 1. The van der Waals surface area contributed by atoms with Gasteiger partial charge in [-0.1, -0.05) is 42.8 Å². The molecule has 164 valence electrons. The highest BCUT2D eigenvalue weighted by molar-refractivity contribution is 5.77. The summed E-state index contributed by atoms with van der Waals surface area (Å²) in [5.41, 5.74) is 3.88. The SMILES string of the molecule is COCCN(Cc1c(-c2cccc(C)c2)noc1N1CCOCC1)C(=O)CC(C)C. The van der Waals surface area contributed by atoms with Gasteiger partial charge in [0.15, 0.2) is 0 Å². The number of aromatic nitrogens is 1. The smallest absolute Gasteiger partial charge is 0.233 e. The summed E-state index contributed by atoms with van der Waals surface area (Å²) in [4.78, 5) is 17.0. The molecule has 0 saturated carbocycles. The molecule has 2 aromatic rings. The Bertz CT molecular complexity index is 828. The van der Waals surface area contributed by atoms with E-state index in [1.54, 1.807) is 7.11 Å². The van der Waals surface area contributed by atoms with E-state index in [4.69, 9.17) is 14.0 Å². The number of hydrogen-bond acceptors (Lipinski definition) is 6. The van der Waals surface area contributed by atoms with Crippen molar-refractivity contribution in [2.24, 2.45) is 5.92 Å². The molecule has 7 heteroatoms. The van der Waals surface area contributed by atoms with Gasteiger partial charge in [-0.15, -0.1) is 0 Å². The highest BCUT2D eigenvalue weighted by atomic mass is 16.5. The van der Waals surface area contributed by atoms with E-state index in [0.29, 0.717) is 45.2 Å². The second-order valence-corrected chi connectivity index (χ2v) is 8.19. The lowest BCUT2D eigenvalue weighted by atomic mass is 10.0. The number of nitrogens with zero attached hydrogens (tertiary/aromatic N) is 3. The van der Waals surface area contributed by atoms with Crippen molar-refractivity contribution in [2.45, 2.75) is 33.7 Å². The fourth-order valence-electron chi connectivity index (χ4n) is 3.64. The van der Waals surface area contributed by atoms with Crippen molar-refractivity contribution in [1.29, 1.82) is 0 Å². The first-order valence-electron chi connectivity index (χ1n) is 10.6. The van der Waals surface area contributed by atoms with Crippen LogP contribution in [0, 0.1) is 12.8 Å². The van der Waals surface area contributed by atoms with Gasteiger partial charge in [0.25, 0.3) is 0 Å². The lowest BCUT2D eigenvalue weighted by molar-refractivity contribution is -0.133. The van der Waals surface area contributed by atoms with Gasteiger partial charge in [0.1, 0.15) is 5.69 Å². The van der Waals surface area contributed by atoms with Gasteiger partial charge in [-0.3, -0.25) is 4.79 Å². The zero-order valence-corrected chi connectivity index (χ0v) is 18.5. The molecule has 1 aromatic carbocycles. The molecule has 1 fully saturated rings. The fraction of sp³-hybridized carbons (Fsp3) is 0.565. The van der Waals surface area contributed by atoms with Gasteiger partial charge >= 0.3 is 0 Å². The normalized spacial score (nSPS) is 14.4. The van der Waals surface area contributed by atoms with Crippen molar-refractivity contribution in [3.8, 4) is 11.3 Å². The highest BCUT2D eigenvalue weighted by Crippen LogP contribution is 2.33. The molecule has 0 N–H and O–H groups in total. The molecular formula is C23H33N3O4. The summed E-state index contributed by atoms with van der Waals surface area (Å²) < 4.78 is 16.6. The van der Waals surface area contributed by atoms with Crippen LogP contribution in [0.3, 0.4) is 0 Å². The molecule has 0 radical (unpaired) electrons. The lowest BCUT2D eigenvalue weighted by Gasteiger charge is -2.28. The Morgan fingerprint density at radius 2 is 2.07 bits per heavy atom. The average Bonchev–Trinajstić information content (AvgIpc) is 3.14. The zero-order chi connectivity index (χ0) is 21.5. The topological polar surface area (TPSA) is 68.0 Å². The predicted molar refractivity (Wildman–Crippen MR) is 116 cm³/mol. The average molecular weight is 416 g/mol. The molecule has 2 heterocycles. The van der Waals surface area contributed by atoms with Crippen LogP contribution in [0.15, 0.2) is 28.8 Å². The molecular weight excluding hydrogens is 382 g/mol. The van der Waals surface area contributed by atoms with Gasteiger partial charge in [-0.2, -0.15) is 0 Å². The van der Waals surface area contributed by atoms with Crippen molar-refractivity contribution < 1.29 is 18.8 Å². The van der Waals surface area contributed by atoms with Crippen LogP contribution in [0.2, 0.25) is 0 Å². The van der Waals surface area contributed by atoms with Gasteiger partial charge in [0, 0.05) is 38.7 Å². The van der Waals surface area contributed by atoms with Gasteiger partial charge in [-0.05, 0) is 18.9 Å². The largest absolute Gasteiger partial charge is 0.383 e. The molecule has 1 aliphatic heterocycles. The Balaban J connectivity index is 1.97. The van der Waals surface area contributed by atoms with Crippen LogP contribution in [0.25, 0.3) is 11.3 Å². The fourth-order valence-corrected chi connectivity index (χ4v) is 3.64. The van der Waals surface area contributed by atoms with E-state index in [1.807, 2.05) is 17.0 Å². The summed E-state index contributed by atoms with van der Waals surface area (Å²) in [6.45, 7) is 10.4. The minimum absolute atomic E-state index is 0.117. The molecule has 1 aliphatic rings. The molecule has 1 saturated heterocycles. The number of benzene rings is 1. The first-order valence-corrected chi connectivity index (χ1v) is 10.6. The number of carbonyl (C=O) groups excluding carboxylic acids is 1. The highest BCUT2D eigenvalue weighted by Gasteiger charge is 2.27. The first kappa shape index (κ1) is 22.3. The predicted octanol–water partition coefficient (Wildman–Crippen LogP) is 3.51. The van der Waals surface area contributed by atoms with Crippen LogP contribution >= 0.6 is 0 Å². The zero-order valence-electron chi connectivity index (χ0n) is 18.5. The van der Waals surface area contributed by atoms with Crippen LogP contribution in [0.5, 0.6) is 0 Å². The van der Waals surface area contributed by atoms with Crippen molar-refractivity contribution in [2.75, 3.05) is 51.5 Å². The van der Waals surface area contributed by atoms with Gasteiger partial charge in [-0.25, -0.2) is 0 Å². The molecule has 0 atom stereocenters. The minimum atomic E-state index is 0.117. The van der Waals surface area contributed by atoms with E-state index in [0.717, 1.165) is 41.4 Å². The Labute approximate surface area is 178 Å². The summed E-state index contributed by atoms with van der Waals surface area (Å²) in [5, 5.41) is 4.43. The maximum absolute atomic E-state index is 13.0. The van der Waals surface area contributed by atoms with Gasteiger partial charge in [0.2, 0.25) is 11.8 Å². The number of ether oxygens (including phenoxy) is 2. The van der Waals surface area contributed by atoms with Crippen molar-refractivity contribution in [3.63, 3.8) is 0 Å². The van der Waals surface area contributed by atoms with Gasteiger partial charge < -0.3 is 23.8 Å². The number of methoxy groups -OCH3 is 1. The lowest BCUT2D eigenvalue weighted by Crippen LogP contribution is -2.38. The number of amides is 1. The standard InChI is InChI=1S/C23H33N3O4/c1-17(2)14-21(27)26(8-11-28-4)16-20-22(19-7-5-6-18(3)15-19)24-30-23(20)25-9-12-29-13-10-25/h5-7,15,17H,8-14,16H2,1-4H3. The van der Waals surface area contributed by atoms with Crippen LogP contribution in [0.4, 0.5) is 5.88 Å². The summed E-state index contributed by atoms with van der Waals surface area (Å²) in [5.74, 6) is 1.14. The molecule has 3 rings (SSSR count). The summed E-state index contributed by atoms with van der Waals surface area (Å²) in [7, 11) is 1.65. The summed E-state index contributed by atoms with van der Waals surface area (Å²) >= 11 is 0. The Hall–Kier alpha value is -2.38. The molecule has 1 aromatic heterocycles. The quantitative estimate of drug-likeness (QED) is 0.624. The second-order valence-electron chi connectivity index (χ2n) is 8.19. The van der Waals surface area contributed by atoms with Crippen LogP contribution in [0.1, 0.15) is 31.4 Å². The summed E-state index contributed by atoms with van der Waals surface area (Å²) in [6, 6.07) is 8.21. The molecule has 0 bridgehead atoms. The first-order chi connectivity index (χ1) is 14.5. The van der Waals surface area contributed by atoms with Crippen molar-refractivity contribution in [1.82, 2.24) is 10.1 Å². The van der Waals surface area contributed by atoms with Crippen molar-refractivity contribution >= 4 is 11.8 Å². The molecule has 0 unspecified atom stereocenters. The van der Waals surface area contributed by atoms with E-state index >= 15 is 0 Å². The molecule has 30 heavy (non-hydrogen) atoms. The Morgan fingerprint density at radius 3 is 2.73 bits per heavy atom. The molecule has 7 nitrogen and oxygen atoms in total. The Kier molecular flexibility index (Phi) is 7.87. The number of hydrogen-bond donors (Lipinski definition) is 0. The van der Waals surface area contributed by atoms with Gasteiger partial charge in [0.05, 0.1) is 31.9 Å². The van der Waals surface area contributed by atoms with E-state index in [1.165, 1.54) is 0 Å². The van der Waals surface area contributed by atoms with E-state index in [2.05, 4.69) is 43.0 Å². The molecule has 1 amide bonds. The number of anilines is 1. The maximum Gasteiger partial charge on any atom is 0.233 e. The number of morpholine rings is 1. The molecule has 0 aliphatic carbocycles. The van der Waals surface area contributed by atoms with Crippen LogP contribution < -0.4 is 4.90 Å².